The van der Waals surface area contributed by atoms with Crippen molar-refractivity contribution in [3.8, 4) is 0 Å². The molecule has 0 bridgehead atoms. The summed E-state index contributed by atoms with van der Waals surface area (Å²) in [6.07, 6.45) is -0.184. The maximum atomic E-state index is 11.9. The fraction of sp³-hybridized carbons (Fsp3) is 0.667. The van der Waals surface area contributed by atoms with E-state index in [1.807, 2.05) is 0 Å². The van der Waals surface area contributed by atoms with Crippen LogP contribution in [0.2, 0.25) is 0 Å². The van der Waals surface area contributed by atoms with E-state index in [-0.39, 0.29) is 24.7 Å². The Balaban J connectivity index is 2.47. The van der Waals surface area contributed by atoms with Crippen LogP contribution in [0.25, 0.3) is 0 Å². The molecule has 112 valence electrons. The van der Waals surface area contributed by atoms with E-state index in [4.69, 9.17) is 5.11 Å². The Morgan fingerprint density at radius 3 is 2.70 bits per heavy atom. The first kappa shape index (κ1) is 15.9. The van der Waals surface area contributed by atoms with Crippen LogP contribution in [-0.4, -0.2) is 53.0 Å². The molecule has 1 aliphatic heterocycles. The lowest BCUT2D eigenvalue weighted by Gasteiger charge is -2.32. The predicted molar refractivity (Wildman–Crippen MR) is 68.8 cm³/mol. The van der Waals surface area contributed by atoms with Gasteiger partial charge in [-0.2, -0.15) is 0 Å². The van der Waals surface area contributed by atoms with Gasteiger partial charge in [-0.15, -0.1) is 0 Å². The Bertz CT molecular complexity index is 423. The van der Waals surface area contributed by atoms with Crippen LogP contribution in [0.15, 0.2) is 0 Å². The summed E-state index contributed by atoms with van der Waals surface area (Å²) in [6.45, 7) is 3.87. The number of carboxylic acid groups (broad SMARTS) is 1. The number of piperazine rings is 1. The standard InChI is InChI=1S/C12H19N3O5/c1-7(6-10(17)18)5-9(16)14-12(20)15-4-3-13-11(19)8(15)2/h7-8H,3-6H2,1-2H3,(H,13,19)(H,17,18)(H,14,16,20). The lowest BCUT2D eigenvalue weighted by atomic mass is 10.0. The van der Waals surface area contributed by atoms with Crippen molar-refractivity contribution in [3.05, 3.63) is 0 Å². The van der Waals surface area contributed by atoms with Gasteiger partial charge in [-0.1, -0.05) is 6.92 Å². The van der Waals surface area contributed by atoms with Gasteiger partial charge in [0.05, 0.1) is 0 Å². The molecule has 0 aromatic carbocycles. The van der Waals surface area contributed by atoms with Crippen molar-refractivity contribution in [1.82, 2.24) is 15.5 Å². The van der Waals surface area contributed by atoms with Gasteiger partial charge < -0.3 is 15.3 Å². The third-order valence-electron chi connectivity index (χ3n) is 3.06. The van der Waals surface area contributed by atoms with Gasteiger partial charge in [0.25, 0.3) is 0 Å². The lowest BCUT2D eigenvalue weighted by Crippen LogP contribution is -2.58. The maximum absolute atomic E-state index is 11.9. The highest BCUT2D eigenvalue weighted by Crippen LogP contribution is 2.08. The van der Waals surface area contributed by atoms with Gasteiger partial charge in [-0.05, 0) is 12.8 Å². The van der Waals surface area contributed by atoms with Crippen molar-refractivity contribution in [3.63, 3.8) is 0 Å². The van der Waals surface area contributed by atoms with Gasteiger partial charge in [-0.25, -0.2) is 4.79 Å². The third-order valence-corrected chi connectivity index (χ3v) is 3.06. The molecular formula is C12H19N3O5. The van der Waals surface area contributed by atoms with Crippen LogP contribution < -0.4 is 10.6 Å². The molecule has 8 nitrogen and oxygen atoms in total. The van der Waals surface area contributed by atoms with Crippen molar-refractivity contribution in [2.75, 3.05) is 13.1 Å². The van der Waals surface area contributed by atoms with Crippen LogP contribution in [-0.2, 0) is 14.4 Å². The molecular weight excluding hydrogens is 266 g/mol. The molecule has 1 aliphatic rings. The van der Waals surface area contributed by atoms with Gasteiger partial charge in [-0.3, -0.25) is 19.7 Å². The summed E-state index contributed by atoms with van der Waals surface area (Å²) in [7, 11) is 0. The molecule has 4 amide bonds. The molecule has 2 unspecified atom stereocenters. The highest BCUT2D eigenvalue weighted by atomic mass is 16.4. The normalized spacial score (nSPS) is 20.0. The number of nitrogens with one attached hydrogen (secondary N) is 2. The zero-order valence-electron chi connectivity index (χ0n) is 11.5. The summed E-state index contributed by atoms with van der Waals surface area (Å²) in [4.78, 5) is 46.7. The first-order valence-corrected chi connectivity index (χ1v) is 6.41. The number of hydrogen-bond donors (Lipinski definition) is 3. The van der Waals surface area contributed by atoms with Crippen LogP contribution in [0.4, 0.5) is 4.79 Å². The third kappa shape index (κ3) is 4.52. The van der Waals surface area contributed by atoms with Gasteiger partial charge in [0, 0.05) is 25.9 Å². The number of nitrogens with zero attached hydrogens (tertiary/aromatic N) is 1. The molecule has 2 atom stereocenters. The summed E-state index contributed by atoms with van der Waals surface area (Å²) in [6, 6.07) is -1.26. The van der Waals surface area contributed by atoms with E-state index in [0.717, 1.165) is 0 Å². The van der Waals surface area contributed by atoms with Crippen molar-refractivity contribution in [2.24, 2.45) is 5.92 Å². The van der Waals surface area contributed by atoms with E-state index in [1.54, 1.807) is 13.8 Å². The maximum Gasteiger partial charge on any atom is 0.324 e. The average Bonchev–Trinajstić information content (AvgIpc) is 2.30. The largest absolute Gasteiger partial charge is 0.481 e. The Morgan fingerprint density at radius 2 is 2.10 bits per heavy atom. The van der Waals surface area contributed by atoms with Crippen molar-refractivity contribution in [1.29, 1.82) is 0 Å². The molecule has 3 N–H and O–H groups in total. The molecule has 0 aromatic rings. The summed E-state index contributed by atoms with van der Waals surface area (Å²) in [5.74, 6) is -2.15. The van der Waals surface area contributed by atoms with Crippen LogP contribution >= 0.6 is 0 Å². The number of carbonyl (C=O) groups excluding carboxylic acids is 3. The minimum Gasteiger partial charge on any atom is -0.481 e. The van der Waals surface area contributed by atoms with E-state index in [2.05, 4.69) is 10.6 Å². The first-order chi connectivity index (χ1) is 9.31. The molecule has 1 fully saturated rings. The molecule has 20 heavy (non-hydrogen) atoms. The molecule has 1 heterocycles. The van der Waals surface area contributed by atoms with Crippen LogP contribution in [0.5, 0.6) is 0 Å². The van der Waals surface area contributed by atoms with E-state index >= 15 is 0 Å². The van der Waals surface area contributed by atoms with Crippen molar-refractivity contribution >= 4 is 23.8 Å². The number of carbonyl (C=O) groups is 4. The molecule has 0 aromatic heterocycles. The molecule has 1 saturated heterocycles. The Labute approximate surface area is 116 Å². The smallest absolute Gasteiger partial charge is 0.324 e. The Kier molecular flexibility index (Phi) is 5.48. The van der Waals surface area contributed by atoms with Gasteiger partial charge in [0.2, 0.25) is 11.8 Å². The minimum absolute atomic E-state index is 0.0491. The highest BCUT2D eigenvalue weighted by molar-refractivity contribution is 5.97. The van der Waals surface area contributed by atoms with Gasteiger partial charge >= 0.3 is 12.0 Å². The summed E-state index contributed by atoms with van der Waals surface area (Å²) >= 11 is 0. The molecule has 8 heteroatoms. The van der Waals surface area contributed by atoms with Gasteiger partial charge in [0.1, 0.15) is 6.04 Å². The number of rotatable bonds is 4. The van der Waals surface area contributed by atoms with E-state index in [1.165, 1.54) is 4.90 Å². The monoisotopic (exact) mass is 285 g/mol. The SMILES string of the molecule is CC(CC(=O)O)CC(=O)NC(=O)N1CCNC(=O)C1C. The number of aliphatic carboxylic acids is 1. The van der Waals surface area contributed by atoms with Gasteiger partial charge in [0.15, 0.2) is 0 Å². The van der Waals surface area contributed by atoms with E-state index in [0.29, 0.717) is 13.1 Å². The second kappa shape index (κ2) is 6.88. The number of hydrogen-bond acceptors (Lipinski definition) is 4. The fourth-order valence-electron chi connectivity index (χ4n) is 1.99. The lowest BCUT2D eigenvalue weighted by molar-refractivity contribution is -0.138. The fourth-order valence-corrected chi connectivity index (χ4v) is 1.99. The minimum atomic E-state index is -0.988. The quantitative estimate of drug-likeness (QED) is 0.646. The Hall–Kier alpha value is -2.12. The zero-order valence-corrected chi connectivity index (χ0v) is 11.5. The molecule has 0 aliphatic carbocycles. The first-order valence-electron chi connectivity index (χ1n) is 6.41. The number of imide groups is 1. The second-order valence-corrected chi connectivity index (χ2v) is 4.92. The number of urea groups is 1. The van der Waals surface area contributed by atoms with Crippen LogP contribution in [0.3, 0.4) is 0 Å². The molecule has 0 radical (unpaired) electrons. The second-order valence-electron chi connectivity index (χ2n) is 4.92. The zero-order chi connectivity index (χ0) is 15.3. The molecule has 0 spiro atoms. The Morgan fingerprint density at radius 1 is 1.45 bits per heavy atom. The van der Waals surface area contributed by atoms with E-state index < -0.39 is 23.9 Å². The predicted octanol–water partition coefficient (Wildman–Crippen LogP) is -0.456. The van der Waals surface area contributed by atoms with Crippen molar-refractivity contribution < 1.29 is 24.3 Å². The number of carboxylic acids is 1. The topological polar surface area (TPSA) is 116 Å². The summed E-state index contributed by atoms with van der Waals surface area (Å²) in [5, 5.41) is 13.4. The van der Waals surface area contributed by atoms with E-state index in [9.17, 15) is 19.2 Å². The molecule has 0 saturated carbocycles. The average molecular weight is 285 g/mol. The molecule has 1 rings (SSSR count). The number of amides is 4. The van der Waals surface area contributed by atoms with Crippen molar-refractivity contribution in [2.45, 2.75) is 32.7 Å². The summed E-state index contributed by atoms with van der Waals surface area (Å²) < 4.78 is 0. The highest BCUT2D eigenvalue weighted by Gasteiger charge is 2.30. The van der Waals surface area contributed by atoms with Crippen LogP contribution in [0, 0.1) is 5.92 Å². The summed E-state index contributed by atoms with van der Waals surface area (Å²) in [5.41, 5.74) is 0. The van der Waals surface area contributed by atoms with Crippen LogP contribution in [0.1, 0.15) is 26.7 Å².